The van der Waals surface area contributed by atoms with E-state index in [0.29, 0.717) is 11.4 Å². The number of aliphatic carboxylic acids is 1. The van der Waals surface area contributed by atoms with E-state index in [1.54, 1.807) is 48.0 Å². The number of nitrogens with two attached hydrogens (primary N) is 1. The minimum absolute atomic E-state index is 0.224. The van der Waals surface area contributed by atoms with E-state index in [4.69, 9.17) is 10.8 Å². The number of carboxylic acids is 1. The molecule has 0 spiro atoms. The van der Waals surface area contributed by atoms with Crippen LogP contribution in [0.5, 0.6) is 0 Å². The van der Waals surface area contributed by atoms with Crippen LogP contribution in [0.2, 0.25) is 0 Å². The maximum Gasteiger partial charge on any atom is 0.321 e. The number of hydrogen-bond donors (Lipinski definition) is 2. The van der Waals surface area contributed by atoms with Gasteiger partial charge in [-0.15, -0.1) is 0 Å². The summed E-state index contributed by atoms with van der Waals surface area (Å²) in [5.41, 5.74) is 7.18. The molecule has 0 fully saturated rings. The summed E-state index contributed by atoms with van der Waals surface area (Å²) in [6, 6.07) is 14.9. The van der Waals surface area contributed by atoms with Gasteiger partial charge in [-0.25, -0.2) is 0 Å². The zero-order chi connectivity index (χ0) is 22.7. The minimum Gasteiger partial charge on any atom is -0.480 e. The molecular weight excluding hydrogens is 398 g/mol. The number of aldehydes is 1. The van der Waals surface area contributed by atoms with E-state index in [0.717, 1.165) is 10.9 Å². The lowest BCUT2D eigenvalue weighted by atomic mass is 9.92. The van der Waals surface area contributed by atoms with Crippen molar-refractivity contribution in [3.8, 4) is 0 Å². The van der Waals surface area contributed by atoms with Crippen LogP contribution in [0.1, 0.15) is 17.4 Å². The zero-order valence-electron chi connectivity index (χ0n) is 17.1. The van der Waals surface area contributed by atoms with E-state index in [2.05, 4.69) is 0 Å². The monoisotopic (exact) mass is 421 g/mol. The average molecular weight is 421 g/mol. The second-order valence-electron chi connectivity index (χ2n) is 7.26. The first-order valence-electron chi connectivity index (χ1n) is 9.68. The van der Waals surface area contributed by atoms with Gasteiger partial charge in [0, 0.05) is 23.6 Å². The standard InChI is InChI=1S/C23H23N3O5/c1-14(21(28)17(13-27)20(24)23(30)31)26(16-9-4-3-5-10-16)22(29)19-12-15-8-6-7-11-18(15)25(19)2/h3-14,17,20H,24H2,1-2H3,(H,30,31)/t14-,17+,20?/m0/s1. The van der Waals surface area contributed by atoms with Gasteiger partial charge in [0.05, 0.1) is 6.04 Å². The topological polar surface area (TPSA) is 123 Å². The lowest BCUT2D eigenvalue weighted by Gasteiger charge is -2.30. The van der Waals surface area contributed by atoms with Gasteiger partial charge in [-0.2, -0.15) is 0 Å². The first-order valence-corrected chi connectivity index (χ1v) is 9.68. The van der Waals surface area contributed by atoms with E-state index in [1.165, 1.54) is 11.8 Å². The van der Waals surface area contributed by atoms with Crippen LogP contribution in [0.15, 0.2) is 60.7 Å². The Bertz CT molecular complexity index is 1140. The molecular formula is C23H23N3O5. The number of carbonyl (C=O) groups excluding carboxylic acids is 3. The Balaban J connectivity index is 2.07. The molecule has 3 atom stereocenters. The van der Waals surface area contributed by atoms with Gasteiger partial charge in [-0.3, -0.25) is 19.3 Å². The normalized spacial score (nSPS) is 13.9. The van der Waals surface area contributed by atoms with Crippen LogP contribution in [-0.2, 0) is 21.4 Å². The molecule has 1 heterocycles. The van der Waals surface area contributed by atoms with Crippen molar-refractivity contribution in [1.29, 1.82) is 0 Å². The molecule has 1 amide bonds. The number of aryl methyl sites for hydroxylation is 1. The molecule has 0 aliphatic carbocycles. The van der Waals surface area contributed by atoms with E-state index >= 15 is 0 Å². The molecule has 0 radical (unpaired) electrons. The van der Waals surface area contributed by atoms with Crippen LogP contribution < -0.4 is 10.6 Å². The number of rotatable bonds is 8. The quantitative estimate of drug-likeness (QED) is 0.424. The van der Waals surface area contributed by atoms with Crippen molar-refractivity contribution in [1.82, 2.24) is 4.57 Å². The minimum atomic E-state index is -1.70. The highest BCUT2D eigenvalue weighted by Crippen LogP contribution is 2.25. The molecule has 31 heavy (non-hydrogen) atoms. The molecule has 8 nitrogen and oxygen atoms in total. The molecule has 0 aliphatic heterocycles. The smallest absolute Gasteiger partial charge is 0.321 e. The van der Waals surface area contributed by atoms with Gasteiger partial charge < -0.3 is 20.2 Å². The van der Waals surface area contributed by atoms with Gasteiger partial charge in [0.25, 0.3) is 5.91 Å². The van der Waals surface area contributed by atoms with Crippen LogP contribution in [0.4, 0.5) is 5.69 Å². The Morgan fingerprint density at radius 3 is 2.26 bits per heavy atom. The van der Waals surface area contributed by atoms with Crippen molar-refractivity contribution in [3.05, 3.63) is 66.4 Å². The van der Waals surface area contributed by atoms with E-state index in [-0.39, 0.29) is 6.29 Å². The molecule has 8 heteroatoms. The second kappa shape index (κ2) is 8.93. The van der Waals surface area contributed by atoms with Crippen LogP contribution in [0.25, 0.3) is 10.9 Å². The Morgan fingerprint density at radius 2 is 1.68 bits per heavy atom. The van der Waals surface area contributed by atoms with Crippen molar-refractivity contribution in [2.75, 3.05) is 4.90 Å². The molecule has 0 saturated heterocycles. The zero-order valence-corrected chi connectivity index (χ0v) is 17.1. The van der Waals surface area contributed by atoms with Crippen molar-refractivity contribution < 1.29 is 24.3 Å². The van der Waals surface area contributed by atoms with Crippen LogP contribution in [-0.4, -0.2) is 45.7 Å². The van der Waals surface area contributed by atoms with Gasteiger partial charge >= 0.3 is 5.97 Å². The largest absolute Gasteiger partial charge is 0.480 e. The van der Waals surface area contributed by atoms with E-state index < -0.39 is 35.7 Å². The molecule has 0 aliphatic rings. The summed E-state index contributed by atoms with van der Waals surface area (Å²) in [6.07, 6.45) is 0.224. The molecule has 2 aromatic carbocycles. The Morgan fingerprint density at radius 1 is 1.06 bits per heavy atom. The van der Waals surface area contributed by atoms with Gasteiger partial charge in [-0.1, -0.05) is 36.4 Å². The van der Waals surface area contributed by atoms with E-state index in [1.807, 2.05) is 24.3 Å². The highest BCUT2D eigenvalue weighted by atomic mass is 16.4. The summed E-state index contributed by atoms with van der Waals surface area (Å²) in [6.45, 7) is 1.46. The first-order chi connectivity index (χ1) is 14.8. The number of carbonyl (C=O) groups is 4. The molecule has 0 saturated carbocycles. The Kier molecular flexibility index (Phi) is 6.31. The van der Waals surface area contributed by atoms with E-state index in [9.17, 15) is 19.2 Å². The fraction of sp³-hybridized carbons (Fsp3) is 0.217. The number of anilines is 1. The maximum atomic E-state index is 13.6. The average Bonchev–Trinajstić information content (AvgIpc) is 3.11. The number of ketones is 1. The number of fused-ring (bicyclic) bond motifs is 1. The summed E-state index contributed by atoms with van der Waals surface area (Å²) >= 11 is 0. The lowest BCUT2D eigenvalue weighted by Crippen LogP contribution is -2.52. The lowest BCUT2D eigenvalue weighted by molar-refractivity contribution is -0.144. The van der Waals surface area contributed by atoms with Crippen molar-refractivity contribution in [2.24, 2.45) is 18.7 Å². The van der Waals surface area contributed by atoms with Crippen LogP contribution >= 0.6 is 0 Å². The summed E-state index contributed by atoms with van der Waals surface area (Å²) in [5.74, 6) is -4.26. The third-order valence-corrected chi connectivity index (χ3v) is 5.37. The summed E-state index contributed by atoms with van der Waals surface area (Å²) < 4.78 is 1.73. The fourth-order valence-corrected chi connectivity index (χ4v) is 3.61. The number of nitrogens with zero attached hydrogens (tertiary/aromatic N) is 2. The summed E-state index contributed by atoms with van der Waals surface area (Å²) in [4.78, 5) is 50.7. The Labute approximate surface area is 178 Å². The SMILES string of the molecule is C[C@@H](C(=O)[C@H](C=O)C(N)C(=O)O)N(C(=O)c1cc2ccccc2n1C)c1ccccc1. The molecule has 3 rings (SSSR count). The van der Waals surface area contributed by atoms with Crippen LogP contribution in [0, 0.1) is 5.92 Å². The van der Waals surface area contributed by atoms with Crippen LogP contribution in [0.3, 0.4) is 0 Å². The molecule has 3 aromatic rings. The van der Waals surface area contributed by atoms with Gasteiger partial charge in [0.1, 0.15) is 23.9 Å². The fourth-order valence-electron chi connectivity index (χ4n) is 3.61. The van der Waals surface area contributed by atoms with Gasteiger partial charge in [0.2, 0.25) is 0 Å². The highest BCUT2D eigenvalue weighted by Gasteiger charge is 2.38. The molecule has 1 aromatic heterocycles. The number of Topliss-reactive ketones (excluding diaryl/α,β-unsaturated/α-hetero) is 1. The third kappa shape index (κ3) is 4.10. The number of para-hydroxylation sites is 2. The summed E-state index contributed by atoms with van der Waals surface area (Å²) in [7, 11) is 1.75. The van der Waals surface area contributed by atoms with Crippen molar-refractivity contribution in [2.45, 2.75) is 19.0 Å². The predicted octanol–water partition coefficient (Wildman–Crippen LogP) is 2.01. The molecule has 3 N–H and O–H groups in total. The van der Waals surface area contributed by atoms with Crippen molar-refractivity contribution in [3.63, 3.8) is 0 Å². The molecule has 0 bridgehead atoms. The number of amides is 1. The number of benzene rings is 2. The number of carboxylic acid groups (broad SMARTS) is 1. The predicted molar refractivity (Wildman–Crippen MR) is 116 cm³/mol. The second-order valence-corrected chi connectivity index (χ2v) is 7.26. The third-order valence-electron chi connectivity index (χ3n) is 5.37. The highest BCUT2D eigenvalue weighted by molar-refractivity contribution is 6.13. The molecule has 1 unspecified atom stereocenters. The number of aromatic nitrogens is 1. The van der Waals surface area contributed by atoms with Gasteiger partial charge in [-0.05, 0) is 31.2 Å². The number of hydrogen-bond acceptors (Lipinski definition) is 5. The summed E-state index contributed by atoms with van der Waals surface area (Å²) in [5, 5.41) is 10.0. The van der Waals surface area contributed by atoms with Crippen molar-refractivity contribution >= 4 is 40.5 Å². The van der Waals surface area contributed by atoms with Gasteiger partial charge in [0.15, 0.2) is 5.78 Å². The Hall–Kier alpha value is -3.78. The molecule has 160 valence electrons. The first kappa shape index (κ1) is 21.9. The maximum absolute atomic E-state index is 13.6.